The van der Waals surface area contributed by atoms with E-state index in [0.717, 1.165) is 5.56 Å². The number of rotatable bonds is 3. The van der Waals surface area contributed by atoms with Crippen molar-refractivity contribution in [3.05, 3.63) is 71.4 Å². The molecule has 3 aromatic rings. The van der Waals surface area contributed by atoms with Crippen LogP contribution in [0.25, 0.3) is 5.82 Å². The molecule has 0 aliphatic heterocycles. The lowest BCUT2D eigenvalue weighted by Crippen LogP contribution is -2.13. The number of anilines is 1. The topological polar surface area (TPSA) is 59.8 Å². The van der Waals surface area contributed by atoms with Gasteiger partial charge in [-0.05, 0) is 36.8 Å². The fraction of sp³-hybridized carbons (Fsp3) is 0.0625. The van der Waals surface area contributed by atoms with Gasteiger partial charge in [-0.25, -0.2) is 9.97 Å². The van der Waals surface area contributed by atoms with Crippen molar-refractivity contribution in [2.45, 2.75) is 6.92 Å². The third-order valence-electron chi connectivity index (χ3n) is 3.15. The van der Waals surface area contributed by atoms with Crippen LogP contribution < -0.4 is 5.32 Å². The van der Waals surface area contributed by atoms with Gasteiger partial charge in [-0.2, -0.15) is 0 Å². The fourth-order valence-electron chi connectivity index (χ4n) is 1.98. The van der Waals surface area contributed by atoms with Gasteiger partial charge in [-0.1, -0.05) is 17.7 Å². The van der Waals surface area contributed by atoms with Gasteiger partial charge in [-0.15, -0.1) is 0 Å². The van der Waals surface area contributed by atoms with Crippen molar-refractivity contribution in [1.82, 2.24) is 14.5 Å². The molecule has 0 unspecified atom stereocenters. The smallest absolute Gasteiger partial charge is 0.257 e. The molecular weight excluding hydrogens is 300 g/mol. The summed E-state index contributed by atoms with van der Waals surface area (Å²) in [6.45, 7) is 1.94. The van der Waals surface area contributed by atoms with Crippen LogP contribution in [0.5, 0.6) is 0 Å². The Labute approximate surface area is 132 Å². The average Bonchev–Trinajstić information content (AvgIpc) is 3.04. The lowest BCUT2D eigenvalue weighted by atomic mass is 10.2. The summed E-state index contributed by atoms with van der Waals surface area (Å²) in [6.07, 6.45) is 6.62. The molecule has 0 bridgehead atoms. The molecule has 3 rings (SSSR count). The van der Waals surface area contributed by atoms with Gasteiger partial charge in [0.25, 0.3) is 5.91 Å². The van der Waals surface area contributed by atoms with Crippen LogP contribution in [0.3, 0.4) is 0 Å². The first-order chi connectivity index (χ1) is 10.6. The van der Waals surface area contributed by atoms with E-state index in [4.69, 9.17) is 11.6 Å². The third-order valence-corrected chi connectivity index (χ3v) is 3.46. The zero-order valence-electron chi connectivity index (χ0n) is 11.8. The third kappa shape index (κ3) is 2.99. The summed E-state index contributed by atoms with van der Waals surface area (Å²) in [7, 11) is 0. The van der Waals surface area contributed by atoms with Crippen molar-refractivity contribution in [2.24, 2.45) is 0 Å². The van der Waals surface area contributed by atoms with E-state index in [-0.39, 0.29) is 5.91 Å². The zero-order valence-corrected chi connectivity index (χ0v) is 12.6. The van der Waals surface area contributed by atoms with Crippen LogP contribution in [-0.4, -0.2) is 20.4 Å². The van der Waals surface area contributed by atoms with E-state index in [9.17, 15) is 4.79 Å². The monoisotopic (exact) mass is 312 g/mol. The second-order valence-electron chi connectivity index (χ2n) is 4.81. The Hall–Kier alpha value is -2.66. The molecule has 0 aliphatic rings. The standard InChI is InChI=1S/C16H13ClN4O/c1-11-2-4-14(13(17)8-11)20-16(22)12-3-5-15(19-9-12)21-7-6-18-10-21/h2-10H,1H3,(H,20,22). The molecule has 110 valence electrons. The molecule has 2 heterocycles. The van der Waals surface area contributed by atoms with E-state index >= 15 is 0 Å². The van der Waals surface area contributed by atoms with Gasteiger partial charge < -0.3 is 5.32 Å². The summed E-state index contributed by atoms with van der Waals surface area (Å²) in [6, 6.07) is 8.94. The van der Waals surface area contributed by atoms with Gasteiger partial charge in [-0.3, -0.25) is 9.36 Å². The minimum atomic E-state index is -0.254. The molecule has 0 atom stereocenters. The molecule has 6 heteroatoms. The maximum atomic E-state index is 12.2. The van der Waals surface area contributed by atoms with Gasteiger partial charge in [0.1, 0.15) is 12.1 Å². The number of hydrogen-bond donors (Lipinski definition) is 1. The van der Waals surface area contributed by atoms with Gasteiger partial charge in [0.15, 0.2) is 0 Å². The SMILES string of the molecule is Cc1ccc(NC(=O)c2ccc(-n3ccnc3)nc2)c(Cl)c1. The highest BCUT2D eigenvalue weighted by molar-refractivity contribution is 6.34. The molecule has 5 nitrogen and oxygen atoms in total. The van der Waals surface area contributed by atoms with Crippen LogP contribution in [0.4, 0.5) is 5.69 Å². The summed E-state index contributed by atoms with van der Waals surface area (Å²) >= 11 is 6.11. The first-order valence-electron chi connectivity index (χ1n) is 6.65. The van der Waals surface area contributed by atoms with Gasteiger partial charge in [0, 0.05) is 18.6 Å². The zero-order chi connectivity index (χ0) is 15.5. The predicted octanol–water partition coefficient (Wildman–Crippen LogP) is 3.48. The molecule has 0 saturated carbocycles. The molecular formula is C16H13ClN4O. The van der Waals surface area contributed by atoms with Gasteiger partial charge in [0.05, 0.1) is 16.3 Å². The second-order valence-corrected chi connectivity index (χ2v) is 5.22. The minimum absolute atomic E-state index is 0.254. The highest BCUT2D eigenvalue weighted by Crippen LogP contribution is 2.23. The Kier molecular flexibility index (Phi) is 3.89. The number of nitrogens with zero attached hydrogens (tertiary/aromatic N) is 3. The Morgan fingerprint density at radius 2 is 2.14 bits per heavy atom. The van der Waals surface area contributed by atoms with Crippen molar-refractivity contribution >= 4 is 23.2 Å². The highest BCUT2D eigenvalue weighted by atomic mass is 35.5. The molecule has 2 aromatic heterocycles. The van der Waals surface area contributed by atoms with Crippen molar-refractivity contribution < 1.29 is 4.79 Å². The van der Waals surface area contributed by atoms with Crippen molar-refractivity contribution in [1.29, 1.82) is 0 Å². The van der Waals surface area contributed by atoms with E-state index in [1.807, 2.05) is 13.0 Å². The number of aromatic nitrogens is 3. The normalized spacial score (nSPS) is 10.5. The molecule has 0 aliphatic carbocycles. The summed E-state index contributed by atoms with van der Waals surface area (Å²) in [5.41, 5.74) is 2.07. The number of halogens is 1. The largest absolute Gasteiger partial charge is 0.321 e. The number of amides is 1. The Morgan fingerprint density at radius 1 is 1.27 bits per heavy atom. The minimum Gasteiger partial charge on any atom is -0.321 e. The van der Waals surface area contributed by atoms with Crippen LogP contribution in [0.2, 0.25) is 5.02 Å². The average molecular weight is 313 g/mol. The Balaban J connectivity index is 1.77. The highest BCUT2D eigenvalue weighted by Gasteiger charge is 2.09. The number of carbonyl (C=O) groups is 1. The van der Waals surface area contributed by atoms with Crippen LogP contribution in [0.1, 0.15) is 15.9 Å². The van der Waals surface area contributed by atoms with Gasteiger partial charge >= 0.3 is 0 Å². The van der Waals surface area contributed by atoms with Crippen LogP contribution in [-0.2, 0) is 0 Å². The van der Waals surface area contributed by atoms with Gasteiger partial charge in [0.2, 0.25) is 0 Å². The molecule has 22 heavy (non-hydrogen) atoms. The quantitative estimate of drug-likeness (QED) is 0.805. The lowest BCUT2D eigenvalue weighted by molar-refractivity contribution is 0.102. The summed E-state index contributed by atoms with van der Waals surface area (Å²) in [4.78, 5) is 20.4. The number of carbonyl (C=O) groups excluding carboxylic acids is 1. The van der Waals surface area contributed by atoms with Crippen LogP contribution >= 0.6 is 11.6 Å². The summed E-state index contributed by atoms with van der Waals surface area (Å²) in [5, 5.41) is 3.29. The first kappa shape index (κ1) is 14.3. The maximum absolute atomic E-state index is 12.2. The number of imidazole rings is 1. The van der Waals surface area contributed by atoms with Crippen LogP contribution in [0.15, 0.2) is 55.2 Å². The molecule has 1 N–H and O–H groups in total. The molecule has 0 spiro atoms. The molecule has 0 saturated heterocycles. The number of pyridine rings is 1. The summed E-state index contributed by atoms with van der Waals surface area (Å²) < 4.78 is 1.76. The fourth-order valence-corrected chi connectivity index (χ4v) is 2.27. The molecule has 1 aromatic carbocycles. The van der Waals surface area contributed by atoms with E-state index in [1.54, 1.807) is 47.6 Å². The number of nitrogens with one attached hydrogen (secondary N) is 1. The second kappa shape index (κ2) is 5.99. The number of hydrogen-bond acceptors (Lipinski definition) is 3. The predicted molar refractivity (Wildman–Crippen MR) is 85.5 cm³/mol. The van der Waals surface area contributed by atoms with Crippen LogP contribution in [0, 0.1) is 6.92 Å². The van der Waals surface area contributed by atoms with E-state index < -0.39 is 0 Å². The Morgan fingerprint density at radius 3 is 2.77 bits per heavy atom. The van der Waals surface area contributed by atoms with Crippen molar-refractivity contribution in [3.63, 3.8) is 0 Å². The van der Waals surface area contributed by atoms with Crippen molar-refractivity contribution in [3.8, 4) is 5.82 Å². The first-order valence-corrected chi connectivity index (χ1v) is 7.03. The van der Waals surface area contributed by atoms with E-state index in [2.05, 4.69) is 15.3 Å². The molecule has 0 radical (unpaired) electrons. The summed E-state index contributed by atoms with van der Waals surface area (Å²) in [5.74, 6) is 0.442. The number of benzene rings is 1. The molecule has 1 amide bonds. The molecule has 0 fully saturated rings. The lowest BCUT2D eigenvalue weighted by Gasteiger charge is -2.08. The Bertz CT molecular complexity index is 798. The van der Waals surface area contributed by atoms with E-state index in [1.165, 1.54) is 6.20 Å². The van der Waals surface area contributed by atoms with E-state index in [0.29, 0.717) is 22.1 Å². The van der Waals surface area contributed by atoms with Crippen molar-refractivity contribution in [2.75, 3.05) is 5.32 Å². The number of aryl methyl sites for hydroxylation is 1. The maximum Gasteiger partial charge on any atom is 0.257 e.